The summed E-state index contributed by atoms with van der Waals surface area (Å²) in [6, 6.07) is 1.46. The predicted molar refractivity (Wildman–Crippen MR) is 79.3 cm³/mol. The van der Waals surface area contributed by atoms with Crippen LogP contribution in [0.15, 0.2) is 0 Å². The number of nitrogens with zero attached hydrogens (tertiary/aromatic N) is 2. The number of carbonyl (C=O) groups excluding carboxylic acids is 1. The average Bonchev–Trinajstić information content (AvgIpc) is 2.56. The second-order valence-corrected chi connectivity index (χ2v) is 6.42. The Morgan fingerprint density at radius 2 is 2.11 bits per heavy atom. The van der Waals surface area contributed by atoms with Gasteiger partial charge in [-0.25, -0.2) is 0 Å². The summed E-state index contributed by atoms with van der Waals surface area (Å²) in [6.07, 6.45) is 9.47. The molecule has 0 bridgehead atoms. The van der Waals surface area contributed by atoms with Crippen molar-refractivity contribution >= 4 is 6.29 Å². The Hall–Kier alpha value is -0.410. The molecular weight excluding hydrogens is 236 g/mol. The maximum absolute atomic E-state index is 10.5. The third kappa shape index (κ3) is 3.79. The van der Waals surface area contributed by atoms with Crippen LogP contribution in [0, 0.1) is 5.92 Å². The van der Waals surface area contributed by atoms with Gasteiger partial charge in [0.2, 0.25) is 0 Å². The molecule has 0 aromatic rings. The van der Waals surface area contributed by atoms with Crippen LogP contribution >= 0.6 is 0 Å². The summed E-state index contributed by atoms with van der Waals surface area (Å²) in [6.45, 7) is 6.13. The first-order valence-electron chi connectivity index (χ1n) is 8.14. The number of piperidine rings is 1. The molecular formula is C16H30N2O. The highest BCUT2D eigenvalue weighted by atomic mass is 16.1. The molecule has 2 fully saturated rings. The molecule has 0 radical (unpaired) electrons. The van der Waals surface area contributed by atoms with Gasteiger partial charge in [0.15, 0.2) is 0 Å². The van der Waals surface area contributed by atoms with Gasteiger partial charge in [0.25, 0.3) is 0 Å². The van der Waals surface area contributed by atoms with Crippen molar-refractivity contribution in [2.45, 2.75) is 64.0 Å². The summed E-state index contributed by atoms with van der Waals surface area (Å²) in [5.41, 5.74) is 0. The smallest absolute Gasteiger partial charge is 0.119 e. The third-order valence-electron chi connectivity index (χ3n) is 5.17. The van der Waals surface area contributed by atoms with Crippen molar-refractivity contribution < 1.29 is 4.79 Å². The Morgan fingerprint density at radius 3 is 2.84 bits per heavy atom. The predicted octanol–water partition coefficient (Wildman–Crippen LogP) is 2.55. The van der Waals surface area contributed by atoms with E-state index in [-0.39, 0.29) is 0 Å². The summed E-state index contributed by atoms with van der Waals surface area (Å²) >= 11 is 0. The molecule has 0 amide bonds. The topological polar surface area (TPSA) is 23.6 Å². The van der Waals surface area contributed by atoms with Gasteiger partial charge in [-0.3, -0.25) is 4.90 Å². The number of aldehydes is 1. The van der Waals surface area contributed by atoms with Gasteiger partial charge in [0, 0.05) is 31.6 Å². The van der Waals surface area contributed by atoms with Crippen LogP contribution in [0.2, 0.25) is 0 Å². The van der Waals surface area contributed by atoms with E-state index in [4.69, 9.17) is 0 Å². The minimum atomic E-state index is 0.676. The number of likely N-dealkylation sites (N-methyl/N-ethyl adjacent to an activating group) is 1. The van der Waals surface area contributed by atoms with Crippen molar-refractivity contribution in [3.8, 4) is 0 Å². The highest BCUT2D eigenvalue weighted by Gasteiger charge is 2.34. The molecule has 0 aromatic carbocycles. The minimum absolute atomic E-state index is 0.676. The fraction of sp³-hybridized carbons (Fsp3) is 0.938. The second-order valence-electron chi connectivity index (χ2n) is 6.42. The van der Waals surface area contributed by atoms with Gasteiger partial charge in [-0.05, 0) is 45.2 Å². The van der Waals surface area contributed by atoms with Gasteiger partial charge in [0.1, 0.15) is 6.29 Å². The zero-order valence-electron chi connectivity index (χ0n) is 12.7. The Kier molecular flexibility index (Phi) is 5.83. The van der Waals surface area contributed by atoms with Crippen LogP contribution in [0.5, 0.6) is 0 Å². The van der Waals surface area contributed by atoms with Crippen molar-refractivity contribution in [1.29, 1.82) is 0 Å². The summed E-state index contributed by atoms with van der Waals surface area (Å²) in [5, 5.41) is 0. The zero-order valence-corrected chi connectivity index (χ0v) is 12.7. The van der Waals surface area contributed by atoms with Gasteiger partial charge in [-0.2, -0.15) is 0 Å². The summed E-state index contributed by atoms with van der Waals surface area (Å²) < 4.78 is 0. The van der Waals surface area contributed by atoms with E-state index in [1.807, 2.05) is 0 Å². The molecule has 3 unspecified atom stereocenters. The molecule has 0 spiro atoms. The van der Waals surface area contributed by atoms with Gasteiger partial charge >= 0.3 is 0 Å². The van der Waals surface area contributed by atoms with Crippen molar-refractivity contribution in [1.82, 2.24) is 9.80 Å². The molecule has 2 rings (SSSR count). The maximum Gasteiger partial charge on any atom is 0.119 e. The number of hydrogen-bond acceptors (Lipinski definition) is 3. The quantitative estimate of drug-likeness (QED) is 0.564. The SMILES string of the molecule is CCC1CN2CCCCC2CN(C)C1CCCC=O. The van der Waals surface area contributed by atoms with E-state index in [9.17, 15) is 4.79 Å². The lowest BCUT2D eigenvalue weighted by Crippen LogP contribution is -2.43. The molecule has 3 nitrogen and oxygen atoms in total. The second kappa shape index (κ2) is 7.39. The minimum Gasteiger partial charge on any atom is -0.303 e. The molecule has 0 N–H and O–H groups in total. The fourth-order valence-electron chi connectivity index (χ4n) is 4.03. The van der Waals surface area contributed by atoms with Gasteiger partial charge in [-0.1, -0.05) is 19.8 Å². The zero-order chi connectivity index (χ0) is 13.7. The van der Waals surface area contributed by atoms with Crippen molar-refractivity contribution in [3.05, 3.63) is 0 Å². The van der Waals surface area contributed by atoms with Crippen LogP contribution in [0.25, 0.3) is 0 Å². The Balaban J connectivity index is 2.01. The normalized spacial score (nSPS) is 33.7. The van der Waals surface area contributed by atoms with Crippen molar-refractivity contribution in [2.24, 2.45) is 5.92 Å². The van der Waals surface area contributed by atoms with E-state index in [1.54, 1.807) is 0 Å². The van der Waals surface area contributed by atoms with Crippen LogP contribution in [0.1, 0.15) is 51.9 Å². The number of hydrogen-bond donors (Lipinski definition) is 0. The van der Waals surface area contributed by atoms with Crippen LogP contribution in [0.3, 0.4) is 0 Å². The molecule has 110 valence electrons. The molecule has 0 aliphatic carbocycles. The molecule has 2 aliphatic heterocycles. The van der Waals surface area contributed by atoms with E-state index in [2.05, 4.69) is 23.8 Å². The summed E-state index contributed by atoms with van der Waals surface area (Å²) in [4.78, 5) is 15.9. The Morgan fingerprint density at radius 1 is 1.26 bits per heavy atom. The van der Waals surface area contributed by atoms with Crippen molar-refractivity contribution in [3.63, 3.8) is 0 Å². The Labute approximate surface area is 118 Å². The van der Waals surface area contributed by atoms with E-state index in [1.165, 1.54) is 51.7 Å². The molecule has 2 heterocycles. The van der Waals surface area contributed by atoms with Crippen LogP contribution in [-0.2, 0) is 4.79 Å². The lowest BCUT2D eigenvalue weighted by molar-refractivity contribution is -0.108. The molecule has 0 aromatic heterocycles. The molecule has 3 atom stereocenters. The molecule has 2 aliphatic rings. The van der Waals surface area contributed by atoms with E-state index in [0.29, 0.717) is 6.04 Å². The van der Waals surface area contributed by atoms with Crippen LogP contribution in [-0.4, -0.2) is 54.9 Å². The van der Waals surface area contributed by atoms with E-state index < -0.39 is 0 Å². The molecule has 0 saturated carbocycles. The molecule has 3 heteroatoms. The molecule has 2 saturated heterocycles. The van der Waals surface area contributed by atoms with Gasteiger partial charge in [0.05, 0.1) is 0 Å². The van der Waals surface area contributed by atoms with E-state index >= 15 is 0 Å². The number of rotatable bonds is 5. The van der Waals surface area contributed by atoms with Gasteiger partial charge in [-0.15, -0.1) is 0 Å². The monoisotopic (exact) mass is 266 g/mol. The van der Waals surface area contributed by atoms with Crippen LogP contribution in [0.4, 0.5) is 0 Å². The standard InChI is InChI=1S/C16H30N2O/c1-3-14-12-18-10-6-4-8-15(18)13-17(2)16(14)9-5-7-11-19/h11,14-16H,3-10,12-13H2,1-2H3. The lowest BCUT2D eigenvalue weighted by Gasteiger charge is -2.35. The average molecular weight is 266 g/mol. The molecule has 19 heavy (non-hydrogen) atoms. The first kappa shape index (κ1) is 15.0. The largest absolute Gasteiger partial charge is 0.303 e. The highest BCUT2D eigenvalue weighted by Crippen LogP contribution is 2.29. The lowest BCUT2D eigenvalue weighted by atomic mass is 9.91. The van der Waals surface area contributed by atoms with Crippen LogP contribution < -0.4 is 0 Å². The summed E-state index contributed by atoms with van der Waals surface area (Å²) in [7, 11) is 2.30. The maximum atomic E-state index is 10.5. The number of unbranched alkanes of at least 4 members (excludes halogenated alkanes) is 1. The summed E-state index contributed by atoms with van der Waals surface area (Å²) in [5.74, 6) is 0.778. The van der Waals surface area contributed by atoms with Gasteiger partial charge < -0.3 is 9.69 Å². The highest BCUT2D eigenvalue weighted by molar-refractivity contribution is 5.48. The first-order valence-corrected chi connectivity index (χ1v) is 8.14. The van der Waals surface area contributed by atoms with E-state index in [0.717, 1.165) is 31.1 Å². The number of fused-ring (bicyclic) bond motifs is 1. The third-order valence-corrected chi connectivity index (χ3v) is 5.17. The Bertz CT molecular complexity index is 282. The fourth-order valence-corrected chi connectivity index (χ4v) is 4.03. The number of carbonyl (C=O) groups is 1. The first-order chi connectivity index (χ1) is 9.26. The van der Waals surface area contributed by atoms with Crippen molar-refractivity contribution in [2.75, 3.05) is 26.7 Å².